The summed E-state index contributed by atoms with van der Waals surface area (Å²) in [5.41, 5.74) is 0.733. The van der Waals surface area contributed by atoms with Gasteiger partial charge in [-0.2, -0.15) is 0 Å². The van der Waals surface area contributed by atoms with Crippen LogP contribution in [0.3, 0.4) is 0 Å². The minimum absolute atomic E-state index is 0.0762. The summed E-state index contributed by atoms with van der Waals surface area (Å²) in [5.74, 6) is -1.07. The second-order valence-corrected chi connectivity index (χ2v) is 3.97. The first-order valence-electron chi connectivity index (χ1n) is 5.17. The van der Waals surface area contributed by atoms with Gasteiger partial charge in [-0.25, -0.2) is 4.79 Å². The van der Waals surface area contributed by atoms with Crippen LogP contribution in [0.5, 0.6) is 0 Å². The number of aromatic carboxylic acids is 1. The van der Waals surface area contributed by atoms with Crippen LogP contribution >= 0.6 is 0 Å². The van der Waals surface area contributed by atoms with Crippen molar-refractivity contribution in [2.45, 2.75) is 0 Å². The van der Waals surface area contributed by atoms with Crippen molar-refractivity contribution < 1.29 is 14.7 Å². The lowest BCUT2D eigenvalue weighted by molar-refractivity contribution is -0.127. The van der Waals surface area contributed by atoms with Crippen molar-refractivity contribution in [1.82, 2.24) is 4.90 Å². The van der Waals surface area contributed by atoms with E-state index in [9.17, 15) is 9.59 Å². The summed E-state index contributed by atoms with van der Waals surface area (Å²) in [6, 6.07) is 6.62. The molecule has 0 heterocycles. The average Bonchev–Trinajstić information content (AvgIpc) is 2.28. The number of para-hydroxylation sites is 1. The summed E-state index contributed by atoms with van der Waals surface area (Å²) in [6.07, 6.45) is 0. The molecule has 0 atom stereocenters. The Bertz CT molecular complexity index is 430. The molecule has 0 fully saturated rings. The molecule has 0 saturated heterocycles. The minimum Gasteiger partial charge on any atom is -0.478 e. The summed E-state index contributed by atoms with van der Waals surface area (Å²) in [4.78, 5) is 25.7. The Kier molecular flexibility index (Phi) is 4.09. The first kappa shape index (κ1) is 13.0. The number of hydrogen-bond donors (Lipinski definition) is 1. The molecule has 1 aromatic rings. The maximum absolute atomic E-state index is 11.5. The van der Waals surface area contributed by atoms with Crippen molar-refractivity contribution in [3.63, 3.8) is 0 Å². The van der Waals surface area contributed by atoms with E-state index in [2.05, 4.69) is 0 Å². The number of carboxylic acid groups (broad SMARTS) is 1. The SMILES string of the molecule is CN(C)C(=O)CN(C)c1ccccc1C(=O)O. The van der Waals surface area contributed by atoms with Crippen LogP contribution in [0.2, 0.25) is 0 Å². The smallest absolute Gasteiger partial charge is 0.337 e. The minimum atomic E-state index is -0.996. The molecule has 0 saturated carbocycles. The highest BCUT2D eigenvalue weighted by molar-refractivity contribution is 5.95. The molecular weight excluding hydrogens is 220 g/mol. The molecule has 17 heavy (non-hydrogen) atoms. The molecule has 0 aliphatic heterocycles. The van der Waals surface area contributed by atoms with Crippen molar-refractivity contribution in [2.24, 2.45) is 0 Å². The number of nitrogens with zero attached hydrogens (tertiary/aromatic N) is 2. The highest BCUT2D eigenvalue weighted by Crippen LogP contribution is 2.18. The Labute approximate surface area is 100 Å². The fourth-order valence-electron chi connectivity index (χ4n) is 1.42. The van der Waals surface area contributed by atoms with E-state index >= 15 is 0 Å². The summed E-state index contributed by atoms with van der Waals surface area (Å²) in [7, 11) is 5.03. The summed E-state index contributed by atoms with van der Waals surface area (Å²) in [6.45, 7) is 0.150. The second kappa shape index (κ2) is 5.34. The number of carbonyl (C=O) groups excluding carboxylic acids is 1. The van der Waals surface area contributed by atoms with Gasteiger partial charge in [-0.05, 0) is 12.1 Å². The number of benzene rings is 1. The van der Waals surface area contributed by atoms with Gasteiger partial charge < -0.3 is 14.9 Å². The van der Waals surface area contributed by atoms with Gasteiger partial charge in [0.1, 0.15) is 0 Å². The third-order valence-electron chi connectivity index (χ3n) is 2.42. The molecule has 1 N–H and O–H groups in total. The lowest BCUT2D eigenvalue weighted by Gasteiger charge is -2.22. The Morgan fingerprint density at radius 2 is 1.76 bits per heavy atom. The van der Waals surface area contributed by atoms with E-state index in [-0.39, 0.29) is 18.0 Å². The number of rotatable bonds is 4. The highest BCUT2D eigenvalue weighted by atomic mass is 16.4. The standard InChI is InChI=1S/C12H16N2O3/c1-13(2)11(15)8-14(3)10-7-5-4-6-9(10)12(16)17/h4-7H,8H2,1-3H3,(H,16,17). The van der Waals surface area contributed by atoms with Crippen LogP contribution in [0.15, 0.2) is 24.3 Å². The number of amides is 1. The van der Waals surface area contributed by atoms with E-state index < -0.39 is 5.97 Å². The van der Waals surface area contributed by atoms with Crippen LogP contribution in [-0.4, -0.2) is 49.6 Å². The van der Waals surface area contributed by atoms with Gasteiger partial charge in [-0.1, -0.05) is 12.1 Å². The predicted octanol–water partition coefficient (Wildman–Crippen LogP) is 0.909. The Morgan fingerprint density at radius 1 is 1.18 bits per heavy atom. The van der Waals surface area contributed by atoms with E-state index in [0.29, 0.717) is 5.69 Å². The van der Waals surface area contributed by atoms with E-state index in [1.54, 1.807) is 44.2 Å². The molecule has 0 aliphatic rings. The van der Waals surface area contributed by atoms with E-state index in [0.717, 1.165) is 0 Å². The van der Waals surface area contributed by atoms with Gasteiger partial charge >= 0.3 is 5.97 Å². The highest BCUT2D eigenvalue weighted by Gasteiger charge is 2.15. The van der Waals surface area contributed by atoms with Gasteiger partial charge in [0.05, 0.1) is 17.8 Å². The van der Waals surface area contributed by atoms with Crippen LogP contribution in [0, 0.1) is 0 Å². The molecule has 0 bridgehead atoms. The quantitative estimate of drug-likeness (QED) is 0.844. The van der Waals surface area contributed by atoms with Crippen LogP contribution in [0.4, 0.5) is 5.69 Å². The Balaban J connectivity index is 2.92. The first-order chi connectivity index (χ1) is 7.93. The molecule has 0 unspecified atom stereocenters. The van der Waals surface area contributed by atoms with Crippen LogP contribution < -0.4 is 4.90 Å². The zero-order valence-corrected chi connectivity index (χ0v) is 10.2. The summed E-state index contributed by atoms with van der Waals surface area (Å²) in [5, 5.41) is 9.04. The molecule has 92 valence electrons. The maximum Gasteiger partial charge on any atom is 0.337 e. The average molecular weight is 236 g/mol. The van der Waals surface area contributed by atoms with Crippen molar-refractivity contribution in [3.05, 3.63) is 29.8 Å². The number of likely N-dealkylation sites (N-methyl/N-ethyl adjacent to an activating group) is 2. The third-order valence-corrected chi connectivity index (χ3v) is 2.42. The number of hydrogen-bond acceptors (Lipinski definition) is 3. The van der Waals surface area contributed by atoms with Crippen molar-refractivity contribution >= 4 is 17.6 Å². The fraction of sp³-hybridized carbons (Fsp3) is 0.333. The maximum atomic E-state index is 11.5. The molecule has 0 aromatic heterocycles. The zero-order valence-electron chi connectivity index (χ0n) is 10.2. The van der Waals surface area contributed by atoms with Crippen molar-refractivity contribution in [1.29, 1.82) is 0 Å². The Hall–Kier alpha value is -2.04. The largest absolute Gasteiger partial charge is 0.478 e. The number of anilines is 1. The van der Waals surface area contributed by atoms with Crippen molar-refractivity contribution in [2.75, 3.05) is 32.6 Å². The molecule has 1 amide bonds. The van der Waals surface area contributed by atoms with E-state index in [1.165, 1.54) is 11.0 Å². The molecule has 0 aliphatic carbocycles. The van der Waals surface area contributed by atoms with Crippen LogP contribution in [0.1, 0.15) is 10.4 Å². The fourth-order valence-corrected chi connectivity index (χ4v) is 1.42. The molecule has 0 radical (unpaired) electrons. The van der Waals surface area contributed by atoms with Crippen LogP contribution in [0.25, 0.3) is 0 Å². The summed E-state index contributed by atoms with van der Waals surface area (Å²) >= 11 is 0. The molecule has 1 rings (SSSR count). The number of carboxylic acids is 1. The summed E-state index contributed by atoms with van der Waals surface area (Å²) < 4.78 is 0. The van der Waals surface area contributed by atoms with E-state index in [1.807, 2.05) is 0 Å². The molecule has 1 aromatic carbocycles. The van der Waals surface area contributed by atoms with Crippen molar-refractivity contribution in [3.8, 4) is 0 Å². The van der Waals surface area contributed by atoms with E-state index in [4.69, 9.17) is 5.11 Å². The first-order valence-corrected chi connectivity index (χ1v) is 5.17. The second-order valence-electron chi connectivity index (χ2n) is 3.97. The third kappa shape index (κ3) is 3.21. The van der Waals surface area contributed by atoms with Gasteiger partial charge in [-0.15, -0.1) is 0 Å². The molecular formula is C12H16N2O3. The zero-order chi connectivity index (χ0) is 13.0. The molecule has 0 spiro atoms. The monoisotopic (exact) mass is 236 g/mol. The topological polar surface area (TPSA) is 60.9 Å². The lowest BCUT2D eigenvalue weighted by atomic mass is 10.1. The van der Waals surface area contributed by atoms with Gasteiger partial charge in [0.25, 0.3) is 0 Å². The number of carbonyl (C=O) groups is 2. The van der Waals surface area contributed by atoms with Gasteiger partial charge in [0.15, 0.2) is 0 Å². The van der Waals surface area contributed by atoms with Gasteiger partial charge in [0.2, 0.25) is 5.91 Å². The predicted molar refractivity (Wildman–Crippen MR) is 65.4 cm³/mol. The normalized spacial score (nSPS) is 9.82. The van der Waals surface area contributed by atoms with Crippen LogP contribution in [-0.2, 0) is 4.79 Å². The molecule has 5 nitrogen and oxygen atoms in total. The molecule has 5 heteroatoms. The lowest BCUT2D eigenvalue weighted by Crippen LogP contribution is -2.34. The Morgan fingerprint density at radius 3 is 2.29 bits per heavy atom. The van der Waals surface area contributed by atoms with Gasteiger partial charge in [-0.3, -0.25) is 4.79 Å². The van der Waals surface area contributed by atoms with Gasteiger partial charge in [0, 0.05) is 21.1 Å².